The van der Waals surface area contributed by atoms with Gasteiger partial charge in [0.1, 0.15) is 23.1 Å². The molecular weight excluding hydrogens is 575 g/mol. The second-order valence-corrected chi connectivity index (χ2v) is 13.7. The van der Waals surface area contributed by atoms with Gasteiger partial charge in [0, 0.05) is 48.3 Å². The second kappa shape index (κ2) is 12.1. The van der Waals surface area contributed by atoms with E-state index in [2.05, 4.69) is 0 Å². The molecule has 2 aromatic carbocycles. The molecule has 0 unspecified atom stereocenters. The van der Waals surface area contributed by atoms with E-state index in [9.17, 15) is 23.9 Å². The van der Waals surface area contributed by atoms with Crippen molar-refractivity contribution in [2.45, 2.75) is 97.8 Å². The lowest BCUT2D eigenvalue weighted by atomic mass is 9.80. The number of benzene rings is 2. The molecule has 1 saturated carbocycles. The number of likely N-dealkylation sites (tertiary alicyclic amines) is 1. The number of hydrogen-bond donors (Lipinski definition) is 1. The number of carbonyl (C=O) groups is 2. The Bertz CT molecular complexity index is 1670. The number of nitrogens with zero attached hydrogens (tertiary/aromatic N) is 2. The third kappa shape index (κ3) is 6.69. The Balaban J connectivity index is 1.48. The smallest absolute Gasteiger partial charge is 0.254 e. The molecule has 0 spiro atoms. The van der Waals surface area contributed by atoms with Crippen LogP contribution in [0, 0.1) is 25.1 Å². The molecule has 240 valence electrons. The molecule has 8 nitrogen and oxygen atoms in total. The SMILES string of the molecule is Cc1cc(F)cc(C)c1Oc1ccc(C(C)(C)O)cc1-c1cn(C)c(=O)cc1OC1CCC(N2C(=O)CCC(C)(C)C2=O)CC1. The highest BCUT2D eigenvalue weighted by molar-refractivity contribution is 6.00. The lowest BCUT2D eigenvalue weighted by Gasteiger charge is -2.42. The third-order valence-corrected chi connectivity index (χ3v) is 9.14. The number of amides is 2. The topological polar surface area (TPSA) is 98.1 Å². The Morgan fingerprint density at radius 1 is 0.933 bits per heavy atom. The van der Waals surface area contributed by atoms with E-state index >= 15 is 0 Å². The van der Waals surface area contributed by atoms with E-state index < -0.39 is 11.0 Å². The highest BCUT2D eigenvalue weighted by atomic mass is 19.1. The fourth-order valence-electron chi connectivity index (χ4n) is 6.35. The van der Waals surface area contributed by atoms with Crippen LogP contribution in [0.5, 0.6) is 17.2 Å². The van der Waals surface area contributed by atoms with Crippen LogP contribution in [0.15, 0.2) is 47.4 Å². The summed E-state index contributed by atoms with van der Waals surface area (Å²) in [6.45, 7) is 10.7. The molecule has 2 fully saturated rings. The molecule has 1 aromatic heterocycles. The van der Waals surface area contributed by atoms with Crippen molar-refractivity contribution in [2.75, 3.05) is 0 Å². The van der Waals surface area contributed by atoms with Crippen molar-refractivity contribution in [2.24, 2.45) is 12.5 Å². The fourth-order valence-corrected chi connectivity index (χ4v) is 6.35. The summed E-state index contributed by atoms with van der Waals surface area (Å²) in [7, 11) is 1.66. The van der Waals surface area contributed by atoms with Gasteiger partial charge in [0.2, 0.25) is 11.8 Å². The highest BCUT2D eigenvalue weighted by Crippen LogP contribution is 2.43. The van der Waals surface area contributed by atoms with E-state index in [0.29, 0.717) is 83.6 Å². The molecule has 2 heterocycles. The first-order valence-electron chi connectivity index (χ1n) is 15.6. The lowest BCUT2D eigenvalue weighted by Crippen LogP contribution is -2.54. The van der Waals surface area contributed by atoms with Crippen LogP contribution in [-0.2, 0) is 22.2 Å². The van der Waals surface area contributed by atoms with Crippen LogP contribution in [0.4, 0.5) is 4.39 Å². The molecule has 1 aliphatic heterocycles. The zero-order chi connectivity index (χ0) is 32.8. The number of rotatable bonds is 7. The van der Waals surface area contributed by atoms with Crippen molar-refractivity contribution in [3.63, 3.8) is 0 Å². The Hall–Kier alpha value is -3.98. The van der Waals surface area contributed by atoms with Crippen LogP contribution >= 0.6 is 0 Å². The summed E-state index contributed by atoms with van der Waals surface area (Å²) in [5.74, 6) is 0.780. The van der Waals surface area contributed by atoms with Gasteiger partial charge in [0.05, 0.1) is 11.7 Å². The van der Waals surface area contributed by atoms with Gasteiger partial charge >= 0.3 is 0 Å². The van der Waals surface area contributed by atoms with Crippen LogP contribution in [-0.4, -0.2) is 38.5 Å². The van der Waals surface area contributed by atoms with E-state index in [1.54, 1.807) is 53.1 Å². The van der Waals surface area contributed by atoms with Gasteiger partial charge in [-0.25, -0.2) is 4.39 Å². The number of pyridine rings is 1. The zero-order valence-corrected chi connectivity index (χ0v) is 27.2. The van der Waals surface area contributed by atoms with E-state index in [-0.39, 0.29) is 35.3 Å². The quantitative estimate of drug-likeness (QED) is 0.296. The molecule has 3 aromatic rings. The van der Waals surface area contributed by atoms with Crippen molar-refractivity contribution in [1.29, 1.82) is 0 Å². The molecule has 45 heavy (non-hydrogen) atoms. The number of imide groups is 1. The van der Waals surface area contributed by atoms with Gasteiger partial charge in [-0.1, -0.05) is 19.9 Å². The Morgan fingerprint density at radius 2 is 1.58 bits per heavy atom. The van der Waals surface area contributed by atoms with Crippen LogP contribution in [0.1, 0.15) is 82.9 Å². The van der Waals surface area contributed by atoms with Gasteiger partial charge in [-0.2, -0.15) is 0 Å². The molecule has 1 N–H and O–H groups in total. The summed E-state index contributed by atoms with van der Waals surface area (Å²) in [5.41, 5.74) is 1.14. The van der Waals surface area contributed by atoms with Gasteiger partial charge < -0.3 is 19.1 Å². The van der Waals surface area contributed by atoms with Crippen LogP contribution < -0.4 is 15.0 Å². The number of piperidine rings is 1. The van der Waals surface area contributed by atoms with Crippen LogP contribution in [0.3, 0.4) is 0 Å². The van der Waals surface area contributed by atoms with E-state index in [0.717, 1.165) is 0 Å². The standard InChI is InChI=1S/C36H43FN2O6/c1-21-16-24(37)17-22(2)33(21)45-29-13-8-23(36(5,6)43)18-27(29)28-20-38(7)32(41)19-30(28)44-26-11-9-25(10-12-26)39-31(40)14-15-35(3,4)34(39)42/h8,13,16-20,25-26,43H,9-12,14-15H2,1-7H3. The Kier molecular flexibility index (Phi) is 8.70. The number of aromatic nitrogens is 1. The van der Waals surface area contributed by atoms with Crippen LogP contribution in [0.2, 0.25) is 0 Å². The molecule has 1 saturated heterocycles. The number of aryl methyl sites for hydroxylation is 3. The first-order chi connectivity index (χ1) is 21.0. The molecule has 9 heteroatoms. The summed E-state index contributed by atoms with van der Waals surface area (Å²) < 4.78 is 28.5. The minimum atomic E-state index is -1.16. The van der Waals surface area contributed by atoms with Gasteiger partial charge in [0.25, 0.3) is 5.56 Å². The molecule has 0 radical (unpaired) electrons. The van der Waals surface area contributed by atoms with Gasteiger partial charge in [-0.15, -0.1) is 0 Å². The summed E-state index contributed by atoms with van der Waals surface area (Å²) in [5, 5.41) is 10.9. The zero-order valence-electron chi connectivity index (χ0n) is 27.2. The Labute approximate surface area is 263 Å². The predicted molar refractivity (Wildman–Crippen MR) is 170 cm³/mol. The lowest BCUT2D eigenvalue weighted by molar-refractivity contribution is -0.160. The average molecular weight is 619 g/mol. The molecule has 2 aliphatic rings. The normalized spacial score (nSPS) is 20.3. The maximum Gasteiger partial charge on any atom is 0.254 e. The first-order valence-corrected chi connectivity index (χ1v) is 15.6. The summed E-state index contributed by atoms with van der Waals surface area (Å²) in [6.07, 6.45) is 4.84. The molecule has 2 amide bonds. The molecule has 1 aliphatic carbocycles. The fraction of sp³-hybridized carbons (Fsp3) is 0.472. The molecule has 5 rings (SSSR count). The average Bonchev–Trinajstić information content (AvgIpc) is 2.95. The second-order valence-electron chi connectivity index (χ2n) is 13.7. The molecule has 0 atom stereocenters. The van der Waals surface area contributed by atoms with Crippen molar-refractivity contribution < 1.29 is 28.6 Å². The number of halogens is 1. The summed E-state index contributed by atoms with van der Waals surface area (Å²) >= 11 is 0. The third-order valence-electron chi connectivity index (χ3n) is 9.14. The van der Waals surface area contributed by atoms with Crippen molar-refractivity contribution in [1.82, 2.24) is 9.47 Å². The number of hydrogen-bond acceptors (Lipinski definition) is 6. The number of ether oxygens (including phenoxy) is 2. The predicted octanol–water partition coefficient (Wildman–Crippen LogP) is 6.69. The van der Waals surface area contributed by atoms with Crippen molar-refractivity contribution in [3.05, 3.63) is 75.5 Å². The van der Waals surface area contributed by atoms with Gasteiger partial charge in [0.15, 0.2) is 0 Å². The van der Waals surface area contributed by atoms with E-state index in [1.165, 1.54) is 27.7 Å². The van der Waals surface area contributed by atoms with Crippen LogP contribution in [0.25, 0.3) is 11.1 Å². The van der Waals surface area contributed by atoms with E-state index in [1.807, 2.05) is 19.9 Å². The number of carbonyl (C=O) groups excluding carboxylic acids is 2. The van der Waals surface area contributed by atoms with Gasteiger partial charge in [-0.05, 0) is 101 Å². The highest BCUT2D eigenvalue weighted by Gasteiger charge is 2.44. The van der Waals surface area contributed by atoms with Crippen molar-refractivity contribution >= 4 is 11.8 Å². The summed E-state index contributed by atoms with van der Waals surface area (Å²) in [6, 6.07) is 9.48. The maximum absolute atomic E-state index is 14.1. The number of aliphatic hydroxyl groups is 1. The monoisotopic (exact) mass is 618 g/mol. The Morgan fingerprint density at radius 3 is 2.20 bits per heavy atom. The minimum absolute atomic E-state index is 0.108. The van der Waals surface area contributed by atoms with E-state index in [4.69, 9.17) is 9.47 Å². The summed E-state index contributed by atoms with van der Waals surface area (Å²) in [4.78, 5) is 40.2. The van der Waals surface area contributed by atoms with Crippen molar-refractivity contribution in [3.8, 4) is 28.4 Å². The largest absolute Gasteiger partial charge is 0.490 e. The molecular formula is C36H43FN2O6. The molecule has 0 bridgehead atoms. The maximum atomic E-state index is 14.1. The first kappa shape index (κ1) is 32.4. The minimum Gasteiger partial charge on any atom is -0.490 e. The van der Waals surface area contributed by atoms with Gasteiger partial charge in [-0.3, -0.25) is 19.3 Å².